The van der Waals surface area contributed by atoms with E-state index in [4.69, 9.17) is 0 Å². The fourth-order valence-electron chi connectivity index (χ4n) is 1.64. The van der Waals surface area contributed by atoms with E-state index in [0.29, 0.717) is 0 Å². The largest absolute Gasteiger partial charge is 0.291 e. The molecular formula is C17H26OSi2. The lowest BCUT2D eigenvalue weighted by molar-refractivity contribution is -0.108. The summed E-state index contributed by atoms with van der Waals surface area (Å²) in [5.74, 6) is 3.00. The highest BCUT2D eigenvalue weighted by atomic mass is 28.3. The van der Waals surface area contributed by atoms with E-state index in [9.17, 15) is 4.79 Å². The van der Waals surface area contributed by atoms with Gasteiger partial charge in [0.05, 0.1) is 0 Å². The van der Waals surface area contributed by atoms with E-state index < -0.39 is 16.1 Å². The van der Waals surface area contributed by atoms with Crippen molar-refractivity contribution in [1.29, 1.82) is 0 Å². The SMILES string of the molecule is CC(C)(C)[Si](C)(C)C(=O)C#C[Si](C)(C)c1ccccc1. The minimum Gasteiger partial charge on any atom is -0.291 e. The van der Waals surface area contributed by atoms with E-state index in [0.717, 1.165) is 0 Å². The van der Waals surface area contributed by atoms with Gasteiger partial charge in [-0.2, -0.15) is 0 Å². The van der Waals surface area contributed by atoms with Gasteiger partial charge in [-0.3, -0.25) is 4.79 Å². The van der Waals surface area contributed by atoms with Gasteiger partial charge in [-0.1, -0.05) is 77.3 Å². The van der Waals surface area contributed by atoms with Gasteiger partial charge in [0.2, 0.25) is 0 Å². The van der Waals surface area contributed by atoms with Crippen molar-refractivity contribution in [3.05, 3.63) is 30.3 Å². The van der Waals surface area contributed by atoms with Crippen LogP contribution in [0.15, 0.2) is 30.3 Å². The van der Waals surface area contributed by atoms with Crippen LogP contribution in [0.1, 0.15) is 20.8 Å². The van der Waals surface area contributed by atoms with Crippen molar-refractivity contribution >= 4 is 26.7 Å². The average molecular weight is 303 g/mol. The van der Waals surface area contributed by atoms with Gasteiger partial charge < -0.3 is 0 Å². The monoisotopic (exact) mass is 302 g/mol. The highest BCUT2D eigenvalue weighted by Gasteiger charge is 2.41. The van der Waals surface area contributed by atoms with E-state index in [1.807, 2.05) is 18.2 Å². The summed E-state index contributed by atoms with van der Waals surface area (Å²) >= 11 is 0. The third-order valence-electron chi connectivity index (χ3n) is 4.43. The second-order valence-electron chi connectivity index (χ2n) is 7.45. The fourth-order valence-corrected chi connectivity index (χ4v) is 4.41. The summed E-state index contributed by atoms with van der Waals surface area (Å²) < 4.78 is 0. The molecule has 3 heteroatoms. The third-order valence-corrected chi connectivity index (χ3v) is 12.0. The van der Waals surface area contributed by atoms with Crippen LogP contribution >= 0.6 is 0 Å². The van der Waals surface area contributed by atoms with Crippen LogP contribution in [-0.4, -0.2) is 21.6 Å². The van der Waals surface area contributed by atoms with Crippen LogP contribution < -0.4 is 5.19 Å². The van der Waals surface area contributed by atoms with Gasteiger partial charge in [0.1, 0.15) is 8.07 Å². The molecule has 1 rings (SSSR count). The summed E-state index contributed by atoms with van der Waals surface area (Å²) in [6.45, 7) is 15.1. The Hall–Kier alpha value is -1.12. The van der Waals surface area contributed by atoms with E-state index in [-0.39, 0.29) is 10.4 Å². The van der Waals surface area contributed by atoms with Crippen LogP contribution in [0.4, 0.5) is 0 Å². The highest BCUT2D eigenvalue weighted by molar-refractivity contribution is 7.08. The lowest BCUT2D eigenvalue weighted by Gasteiger charge is -2.33. The molecule has 1 aromatic carbocycles. The van der Waals surface area contributed by atoms with Crippen LogP contribution in [0.2, 0.25) is 31.2 Å². The molecule has 20 heavy (non-hydrogen) atoms. The Morgan fingerprint density at radius 2 is 1.50 bits per heavy atom. The van der Waals surface area contributed by atoms with E-state index >= 15 is 0 Å². The normalized spacial score (nSPS) is 12.6. The van der Waals surface area contributed by atoms with Crippen molar-refractivity contribution in [3.8, 4) is 11.5 Å². The Morgan fingerprint density at radius 1 is 1.00 bits per heavy atom. The Labute approximate surface area is 125 Å². The second-order valence-corrected chi connectivity index (χ2v) is 16.7. The summed E-state index contributed by atoms with van der Waals surface area (Å²) in [4.78, 5) is 12.5. The van der Waals surface area contributed by atoms with Gasteiger partial charge in [0.15, 0.2) is 13.5 Å². The number of hydrogen-bond donors (Lipinski definition) is 0. The molecule has 0 saturated heterocycles. The molecule has 0 aromatic heterocycles. The number of carbonyl (C=O) groups excluding carboxylic acids is 1. The molecule has 0 radical (unpaired) electrons. The van der Waals surface area contributed by atoms with Crippen molar-refractivity contribution in [2.75, 3.05) is 0 Å². The minimum absolute atomic E-state index is 0.0528. The molecule has 0 fully saturated rings. The molecule has 1 aromatic rings. The summed E-state index contributed by atoms with van der Waals surface area (Å²) in [5.41, 5.74) is 3.33. The standard InChI is InChI=1S/C17H26OSi2/c1-17(2,3)20(6,7)16(18)13-14-19(4,5)15-11-9-8-10-12-15/h8-12H,1-7H3. The van der Waals surface area contributed by atoms with E-state index in [2.05, 4.69) is 70.6 Å². The number of hydrogen-bond acceptors (Lipinski definition) is 1. The number of carbonyl (C=O) groups is 1. The van der Waals surface area contributed by atoms with Crippen LogP contribution in [0.3, 0.4) is 0 Å². The molecule has 108 valence electrons. The van der Waals surface area contributed by atoms with Gasteiger partial charge in [0, 0.05) is 0 Å². The summed E-state index contributed by atoms with van der Waals surface area (Å²) in [6, 6.07) is 10.3. The van der Waals surface area contributed by atoms with Crippen molar-refractivity contribution in [2.24, 2.45) is 0 Å². The third kappa shape index (κ3) is 3.71. The van der Waals surface area contributed by atoms with Gasteiger partial charge in [0.25, 0.3) is 0 Å². The molecular weight excluding hydrogens is 276 g/mol. The second kappa shape index (κ2) is 5.71. The summed E-state index contributed by atoms with van der Waals surface area (Å²) in [6.07, 6.45) is 0. The molecule has 0 bridgehead atoms. The topological polar surface area (TPSA) is 17.1 Å². The first kappa shape index (κ1) is 16.9. The van der Waals surface area contributed by atoms with Crippen LogP contribution in [-0.2, 0) is 4.79 Å². The zero-order chi connectivity index (χ0) is 15.6. The molecule has 0 aliphatic rings. The zero-order valence-corrected chi connectivity index (χ0v) is 15.8. The van der Waals surface area contributed by atoms with Crippen LogP contribution in [0.25, 0.3) is 0 Å². The van der Waals surface area contributed by atoms with Crippen molar-refractivity contribution in [1.82, 2.24) is 0 Å². The molecule has 0 amide bonds. The first-order valence-electron chi connectivity index (χ1n) is 7.11. The van der Waals surface area contributed by atoms with E-state index in [1.165, 1.54) is 5.19 Å². The Balaban J connectivity index is 3.03. The lowest BCUT2D eigenvalue weighted by atomic mass is 10.2. The van der Waals surface area contributed by atoms with Crippen molar-refractivity contribution < 1.29 is 4.79 Å². The Morgan fingerprint density at radius 3 is 1.95 bits per heavy atom. The number of rotatable bonds is 2. The molecule has 0 spiro atoms. The quantitative estimate of drug-likeness (QED) is 0.600. The van der Waals surface area contributed by atoms with Gasteiger partial charge in [-0.25, -0.2) is 0 Å². The average Bonchev–Trinajstić information content (AvgIpc) is 2.35. The molecule has 0 heterocycles. The van der Waals surface area contributed by atoms with Crippen molar-refractivity contribution in [2.45, 2.75) is 52.0 Å². The molecule has 0 aliphatic carbocycles. The maximum absolute atomic E-state index is 12.5. The number of benzene rings is 1. The van der Waals surface area contributed by atoms with Gasteiger partial charge in [-0.05, 0) is 16.1 Å². The Bertz CT molecular complexity index is 540. The highest BCUT2D eigenvalue weighted by Crippen LogP contribution is 2.36. The molecule has 0 aliphatic heterocycles. The molecule has 0 N–H and O–H groups in total. The lowest BCUT2D eigenvalue weighted by Crippen LogP contribution is -2.46. The van der Waals surface area contributed by atoms with E-state index in [1.54, 1.807) is 0 Å². The van der Waals surface area contributed by atoms with Crippen LogP contribution in [0, 0.1) is 11.5 Å². The predicted molar refractivity (Wildman–Crippen MR) is 93.5 cm³/mol. The zero-order valence-electron chi connectivity index (χ0n) is 13.8. The summed E-state index contributed by atoms with van der Waals surface area (Å²) in [5, 5.41) is 1.52. The van der Waals surface area contributed by atoms with Crippen molar-refractivity contribution in [3.63, 3.8) is 0 Å². The smallest absolute Gasteiger partial charge is 0.180 e. The van der Waals surface area contributed by atoms with Gasteiger partial charge in [-0.15, -0.1) is 5.54 Å². The fraction of sp³-hybridized carbons (Fsp3) is 0.471. The first-order valence-corrected chi connectivity index (χ1v) is 13.1. The Kier molecular flexibility index (Phi) is 4.83. The summed E-state index contributed by atoms with van der Waals surface area (Å²) in [7, 11) is -3.84. The van der Waals surface area contributed by atoms with Gasteiger partial charge >= 0.3 is 0 Å². The molecule has 1 nitrogen and oxygen atoms in total. The molecule has 0 saturated carbocycles. The first-order chi connectivity index (χ1) is 8.98. The maximum atomic E-state index is 12.5. The maximum Gasteiger partial charge on any atom is 0.180 e. The minimum atomic E-state index is -2.00. The van der Waals surface area contributed by atoms with Crippen LogP contribution in [0.5, 0.6) is 0 Å². The molecule has 0 atom stereocenters. The molecule has 0 unspecified atom stereocenters. The predicted octanol–water partition coefficient (Wildman–Crippen LogP) is 3.76.